The average molecular weight is 216 g/mol. The normalized spacial score (nSPS) is 9.06. The molecule has 0 saturated heterocycles. The predicted octanol–water partition coefficient (Wildman–Crippen LogP) is 1.64. The van der Waals surface area contributed by atoms with Gasteiger partial charge in [0.2, 0.25) is 0 Å². The molecule has 0 spiro atoms. The molecular weight excluding hydrogens is 204 g/mol. The van der Waals surface area contributed by atoms with Crippen molar-refractivity contribution in [3.63, 3.8) is 0 Å². The van der Waals surface area contributed by atoms with E-state index in [0.717, 1.165) is 11.1 Å². The zero-order valence-corrected chi connectivity index (χ0v) is 8.99. The van der Waals surface area contributed by atoms with Crippen LogP contribution in [0.5, 0.6) is 0 Å². The summed E-state index contributed by atoms with van der Waals surface area (Å²) in [6.45, 7) is 1.54. The highest BCUT2D eigenvalue weighted by molar-refractivity contribution is 5.78. The van der Waals surface area contributed by atoms with Crippen LogP contribution in [0.2, 0.25) is 0 Å². The number of aliphatic carboxylic acids is 1. The minimum absolute atomic E-state index is 0.115. The number of carbonyl (C=O) groups is 2. The van der Waals surface area contributed by atoms with Crippen LogP contribution < -0.4 is 0 Å². The zero-order chi connectivity index (χ0) is 12.0. The Morgan fingerprint density at radius 2 is 1.88 bits per heavy atom. The Morgan fingerprint density at radius 1 is 1.25 bits per heavy atom. The number of hydrogen-bond donors (Lipinski definition) is 1. The van der Waals surface area contributed by atoms with Crippen molar-refractivity contribution in [2.75, 3.05) is 0 Å². The first-order valence-corrected chi connectivity index (χ1v) is 4.87. The van der Waals surface area contributed by atoms with Gasteiger partial charge in [0.25, 0.3) is 0 Å². The lowest BCUT2D eigenvalue weighted by atomic mass is 10.1. The van der Waals surface area contributed by atoms with Crippen molar-refractivity contribution in [2.45, 2.75) is 19.8 Å². The van der Waals surface area contributed by atoms with Gasteiger partial charge in [-0.05, 0) is 24.6 Å². The third kappa shape index (κ3) is 4.43. The van der Waals surface area contributed by atoms with Crippen molar-refractivity contribution in [2.24, 2.45) is 0 Å². The van der Waals surface area contributed by atoms with E-state index in [2.05, 4.69) is 11.8 Å². The number of carboxylic acids is 1. The fourth-order valence-electron chi connectivity index (χ4n) is 1.22. The molecule has 0 aromatic heterocycles. The van der Waals surface area contributed by atoms with Gasteiger partial charge in [0.1, 0.15) is 12.2 Å². The Kier molecular flexibility index (Phi) is 4.28. The minimum atomic E-state index is -0.930. The molecule has 0 unspecified atom stereocenters. The molecule has 1 aromatic rings. The van der Waals surface area contributed by atoms with Gasteiger partial charge in [-0.2, -0.15) is 0 Å². The van der Waals surface area contributed by atoms with E-state index in [1.54, 1.807) is 19.1 Å². The Labute approximate surface area is 94.1 Å². The van der Waals surface area contributed by atoms with Crippen molar-refractivity contribution >= 4 is 11.8 Å². The van der Waals surface area contributed by atoms with Gasteiger partial charge in [-0.25, -0.2) is 0 Å². The molecule has 1 aromatic carbocycles. The summed E-state index contributed by atoms with van der Waals surface area (Å²) < 4.78 is 0. The lowest BCUT2D eigenvalue weighted by Crippen LogP contribution is -1.95. The quantitative estimate of drug-likeness (QED) is 0.781. The van der Waals surface area contributed by atoms with Gasteiger partial charge in [0.15, 0.2) is 0 Å². The van der Waals surface area contributed by atoms with Crippen LogP contribution >= 0.6 is 0 Å². The Balaban J connectivity index is 2.66. The van der Waals surface area contributed by atoms with Crippen LogP contribution in [0, 0.1) is 11.8 Å². The first-order chi connectivity index (χ1) is 7.58. The topological polar surface area (TPSA) is 54.4 Å². The smallest absolute Gasteiger partial charge is 0.315 e. The number of hydrogen-bond acceptors (Lipinski definition) is 2. The fourth-order valence-corrected chi connectivity index (χ4v) is 1.22. The van der Waals surface area contributed by atoms with Gasteiger partial charge < -0.3 is 5.11 Å². The number of ketones is 1. The summed E-state index contributed by atoms with van der Waals surface area (Å²) in [4.78, 5) is 21.1. The molecule has 0 heterocycles. The summed E-state index contributed by atoms with van der Waals surface area (Å²) in [6.07, 6.45) is 0.262. The average Bonchev–Trinajstić information content (AvgIpc) is 2.19. The summed E-state index contributed by atoms with van der Waals surface area (Å²) in [6, 6.07) is 7.22. The van der Waals surface area contributed by atoms with E-state index in [1.807, 2.05) is 12.1 Å². The van der Waals surface area contributed by atoms with Crippen LogP contribution in [0.15, 0.2) is 24.3 Å². The summed E-state index contributed by atoms with van der Waals surface area (Å²) in [5.41, 5.74) is 1.70. The standard InChI is InChI=1S/C13H12O3/c1-10(14)9-12-7-5-11(6-8-12)3-2-4-13(15)16/h5-8H,4,9H2,1H3,(H,15,16). The van der Waals surface area contributed by atoms with Crippen LogP contribution in [0.1, 0.15) is 24.5 Å². The van der Waals surface area contributed by atoms with Crippen LogP contribution in [-0.2, 0) is 16.0 Å². The summed E-state index contributed by atoms with van der Waals surface area (Å²) in [7, 11) is 0. The van der Waals surface area contributed by atoms with Crippen molar-refractivity contribution in [3.05, 3.63) is 35.4 Å². The van der Waals surface area contributed by atoms with E-state index >= 15 is 0 Å². The van der Waals surface area contributed by atoms with E-state index in [0.29, 0.717) is 6.42 Å². The van der Waals surface area contributed by atoms with Gasteiger partial charge in [-0.15, -0.1) is 0 Å². The molecule has 3 nitrogen and oxygen atoms in total. The summed E-state index contributed by atoms with van der Waals surface area (Å²) in [5, 5.41) is 8.39. The molecule has 0 amide bonds. The molecule has 1 N–H and O–H groups in total. The fraction of sp³-hybridized carbons (Fsp3) is 0.231. The van der Waals surface area contributed by atoms with Crippen LogP contribution in [0.4, 0.5) is 0 Å². The Bertz CT molecular complexity index is 446. The molecule has 0 aliphatic rings. The monoisotopic (exact) mass is 216 g/mol. The number of Topliss-reactive ketones (excluding diaryl/α,β-unsaturated/α-hetero) is 1. The maximum atomic E-state index is 10.9. The first kappa shape index (κ1) is 12.0. The van der Waals surface area contributed by atoms with Gasteiger partial charge in [0, 0.05) is 12.0 Å². The third-order valence-electron chi connectivity index (χ3n) is 1.88. The minimum Gasteiger partial charge on any atom is -0.481 e. The molecule has 0 aliphatic heterocycles. The summed E-state index contributed by atoms with van der Waals surface area (Å²) in [5.74, 6) is 4.47. The number of carbonyl (C=O) groups excluding carboxylic acids is 1. The third-order valence-corrected chi connectivity index (χ3v) is 1.88. The molecular formula is C13H12O3. The molecule has 3 heteroatoms. The highest BCUT2D eigenvalue weighted by atomic mass is 16.4. The molecule has 0 fully saturated rings. The van der Waals surface area contributed by atoms with Gasteiger partial charge in [-0.1, -0.05) is 24.0 Å². The number of carboxylic acid groups (broad SMARTS) is 1. The largest absolute Gasteiger partial charge is 0.481 e. The lowest BCUT2D eigenvalue weighted by molar-refractivity contribution is -0.135. The van der Waals surface area contributed by atoms with Crippen molar-refractivity contribution in [1.29, 1.82) is 0 Å². The maximum Gasteiger partial charge on any atom is 0.315 e. The zero-order valence-electron chi connectivity index (χ0n) is 8.99. The van der Waals surface area contributed by atoms with E-state index in [1.165, 1.54) is 0 Å². The van der Waals surface area contributed by atoms with Crippen LogP contribution in [0.3, 0.4) is 0 Å². The molecule has 0 bridgehead atoms. The lowest BCUT2D eigenvalue weighted by Gasteiger charge is -1.97. The molecule has 16 heavy (non-hydrogen) atoms. The van der Waals surface area contributed by atoms with Crippen molar-refractivity contribution < 1.29 is 14.7 Å². The van der Waals surface area contributed by atoms with Gasteiger partial charge in [-0.3, -0.25) is 9.59 Å². The van der Waals surface area contributed by atoms with Crippen molar-refractivity contribution in [3.8, 4) is 11.8 Å². The number of rotatable bonds is 3. The second kappa shape index (κ2) is 5.72. The van der Waals surface area contributed by atoms with E-state index in [9.17, 15) is 9.59 Å². The highest BCUT2D eigenvalue weighted by Crippen LogP contribution is 2.04. The second-order valence-corrected chi connectivity index (χ2v) is 3.45. The molecule has 0 saturated carbocycles. The van der Waals surface area contributed by atoms with Gasteiger partial charge >= 0.3 is 5.97 Å². The highest BCUT2D eigenvalue weighted by Gasteiger charge is 1.96. The molecule has 0 radical (unpaired) electrons. The predicted molar refractivity (Wildman–Crippen MR) is 60.0 cm³/mol. The first-order valence-electron chi connectivity index (χ1n) is 4.87. The molecule has 0 atom stereocenters. The Morgan fingerprint density at radius 3 is 2.38 bits per heavy atom. The maximum absolute atomic E-state index is 10.9. The molecule has 0 aliphatic carbocycles. The van der Waals surface area contributed by atoms with E-state index in [4.69, 9.17) is 5.11 Å². The van der Waals surface area contributed by atoms with E-state index in [-0.39, 0.29) is 12.2 Å². The molecule has 1 rings (SSSR count). The van der Waals surface area contributed by atoms with Gasteiger partial charge in [0.05, 0.1) is 0 Å². The van der Waals surface area contributed by atoms with Crippen LogP contribution in [-0.4, -0.2) is 16.9 Å². The van der Waals surface area contributed by atoms with Crippen LogP contribution in [0.25, 0.3) is 0 Å². The Hall–Kier alpha value is -2.08. The summed E-state index contributed by atoms with van der Waals surface area (Å²) >= 11 is 0. The SMILES string of the molecule is CC(=O)Cc1ccc(C#CCC(=O)O)cc1. The van der Waals surface area contributed by atoms with Crippen molar-refractivity contribution in [1.82, 2.24) is 0 Å². The molecule has 82 valence electrons. The number of benzene rings is 1. The second-order valence-electron chi connectivity index (χ2n) is 3.45. The van der Waals surface area contributed by atoms with E-state index < -0.39 is 5.97 Å².